The van der Waals surface area contributed by atoms with Crippen molar-refractivity contribution < 1.29 is 4.79 Å². The molecule has 0 fully saturated rings. The molecule has 0 unspecified atom stereocenters. The fraction of sp³-hybridized carbons (Fsp3) is 0.143. The summed E-state index contributed by atoms with van der Waals surface area (Å²) >= 11 is 11.8. The molecule has 0 saturated heterocycles. The van der Waals surface area contributed by atoms with Crippen LogP contribution in [0.15, 0.2) is 42.6 Å². The summed E-state index contributed by atoms with van der Waals surface area (Å²) < 4.78 is 0. The van der Waals surface area contributed by atoms with E-state index in [0.29, 0.717) is 10.6 Å². The van der Waals surface area contributed by atoms with Gasteiger partial charge in [-0.05, 0) is 30.7 Å². The zero-order chi connectivity index (χ0) is 13.8. The highest BCUT2D eigenvalue weighted by atomic mass is 35.5. The van der Waals surface area contributed by atoms with Gasteiger partial charge in [0.1, 0.15) is 5.15 Å². The Balaban J connectivity index is 2.13. The number of nitrogens with zero attached hydrogens (tertiary/aromatic N) is 1. The maximum Gasteiger partial charge on any atom is 0.251 e. The molecule has 1 aromatic carbocycles. The molecule has 1 N–H and O–H groups in total. The summed E-state index contributed by atoms with van der Waals surface area (Å²) in [5, 5.41) is 3.79. The van der Waals surface area contributed by atoms with Crippen LogP contribution in [0.1, 0.15) is 28.9 Å². The van der Waals surface area contributed by atoms with E-state index in [2.05, 4.69) is 10.3 Å². The van der Waals surface area contributed by atoms with Crippen LogP contribution < -0.4 is 5.32 Å². The van der Waals surface area contributed by atoms with E-state index >= 15 is 0 Å². The molecule has 0 aliphatic rings. The Kier molecular flexibility index (Phi) is 4.40. The molecule has 0 radical (unpaired) electrons. The van der Waals surface area contributed by atoms with Crippen LogP contribution in [-0.4, -0.2) is 10.9 Å². The molecule has 19 heavy (non-hydrogen) atoms. The molecule has 2 aromatic rings. The van der Waals surface area contributed by atoms with E-state index in [9.17, 15) is 4.79 Å². The molecule has 98 valence electrons. The molecule has 0 bridgehead atoms. The van der Waals surface area contributed by atoms with E-state index in [1.54, 1.807) is 12.1 Å². The highest BCUT2D eigenvalue weighted by molar-refractivity contribution is 6.31. The second-order valence-corrected chi connectivity index (χ2v) is 4.88. The number of carbonyl (C=O) groups excluding carboxylic acids is 1. The molecule has 0 saturated carbocycles. The lowest BCUT2D eigenvalue weighted by Crippen LogP contribution is -2.26. The summed E-state index contributed by atoms with van der Waals surface area (Å²) in [5.74, 6) is -0.211. The van der Waals surface area contributed by atoms with Crippen LogP contribution in [0.5, 0.6) is 0 Å². The quantitative estimate of drug-likeness (QED) is 0.873. The predicted octanol–water partition coefficient (Wildman–Crippen LogP) is 3.88. The summed E-state index contributed by atoms with van der Waals surface area (Å²) in [6.07, 6.45) is 1.50. The first-order valence-corrected chi connectivity index (χ1v) is 6.50. The van der Waals surface area contributed by atoms with Gasteiger partial charge < -0.3 is 5.32 Å². The van der Waals surface area contributed by atoms with Crippen LogP contribution in [0.2, 0.25) is 10.2 Å². The Morgan fingerprint density at radius 1 is 1.26 bits per heavy atom. The summed E-state index contributed by atoms with van der Waals surface area (Å²) in [5.41, 5.74) is 1.34. The van der Waals surface area contributed by atoms with Gasteiger partial charge >= 0.3 is 0 Å². The topological polar surface area (TPSA) is 42.0 Å². The van der Waals surface area contributed by atoms with Crippen molar-refractivity contribution in [2.45, 2.75) is 13.0 Å². The number of carbonyl (C=O) groups is 1. The minimum Gasteiger partial charge on any atom is -0.345 e. The van der Waals surface area contributed by atoms with Crippen molar-refractivity contribution in [3.63, 3.8) is 0 Å². The van der Waals surface area contributed by atoms with Crippen LogP contribution in [0.25, 0.3) is 0 Å². The molecule has 1 aromatic heterocycles. The van der Waals surface area contributed by atoms with Crippen LogP contribution >= 0.6 is 23.2 Å². The third-order valence-electron chi connectivity index (χ3n) is 2.71. The molecule has 1 heterocycles. The van der Waals surface area contributed by atoms with Gasteiger partial charge in [-0.1, -0.05) is 41.4 Å². The zero-order valence-corrected chi connectivity index (χ0v) is 11.7. The number of pyridine rings is 1. The van der Waals surface area contributed by atoms with Crippen molar-refractivity contribution in [1.82, 2.24) is 10.3 Å². The smallest absolute Gasteiger partial charge is 0.251 e. The highest BCUT2D eigenvalue weighted by Gasteiger charge is 2.13. The average Bonchev–Trinajstić information content (AvgIpc) is 2.39. The van der Waals surface area contributed by atoms with Crippen LogP contribution in [0, 0.1) is 0 Å². The fourth-order valence-electron chi connectivity index (χ4n) is 1.73. The van der Waals surface area contributed by atoms with Crippen molar-refractivity contribution in [1.29, 1.82) is 0 Å². The van der Waals surface area contributed by atoms with E-state index in [0.717, 1.165) is 5.56 Å². The highest BCUT2D eigenvalue weighted by Crippen LogP contribution is 2.22. The Morgan fingerprint density at radius 3 is 2.68 bits per heavy atom. The number of hydrogen-bond acceptors (Lipinski definition) is 2. The summed E-state index contributed by atoms with van der Waals surface area (Å²) in [6.45, 7) is 1.88. The molecule has 0 aliphatic heterocycles. The van der Waals surface area contributed by atoms with Crippen LogP contribution in [0.4, 0.5) is 0 Å². The standard InChI is InChI=1S/C14H12Cl2N2O/c1-9(11-4-2-3-5-12(11)15)18-14(19)10-6-7-17-13(16)8-10/h2-9H,1H3,(H,18,19)/t9-/m1/s1. The van der Waals surface area contributed by atoms with Crippen molar-refractivity contribution in [2.24, 2.45) is 0 Å². The Morgan fingerprint density at radius 2 is 2.00 bits per heavy atom. The molecule has 3 nitrogen and oxygen atoms in total. The van der Waals surface area contributed by atoms with Gasteiger partial charge in [0.25, 0.3) is 5.91 Å². The Bertz CT molecular complexity index is 602. The Hall–Kier alpha value is -1.58. The van der Waals surface area contributed by atoms with E-state index < -0.39 is 0 Å². The average molecular weight is 295 g/mol. The van der Waals surface area contributed by atoms with E-state index in [4.69, 9.17) is 23.2 Å². The van der Waals surface area contributed by atoms with Gasteiger partial charge in [-0.15, -0.1) is 0 Å². The number of benzene rings is 1. The SMILES string of the molecule is C[C@@H](NC(=O)c1ccnc(Cl)c1)c1ccccc1Cl. The molecular formula is C14H12Cl2N2O. The fourth-order valence-corrected chi connectivity index (χ4v) is 2.20. The molecule has 1 amide bonds. The van der Waals surface area contributed by atoms with Gasteiger partial charge in [-0.2, -0.15) is 0 Å². The molecule has 1 atom stereocenters. The number of amides is 1. The molecule has 0 aliphatic carbocycles. The third-order valence-corrected chi connectivity index (χ3v) is 3.26. The number of rotatable bonds is 3. The lowest BCUT2D eigenvalue weighted by atomic mass is 10.1. The third kappa shape index (κ3) is 3.46. The second kappa shape index (κ2) is 6.04. The van der Waals surface area contributed by atoms with Gasteiger partial charge in [-0.25, -0.2) is 4.98 Å². The monoisotopic (exact) mass is 294 g/mol. The normalized spacial score (nSPS) is 11.9. The Labute approximate surface area is 121 Å². The first-order valence-electron chi connectivity index (χ1n) is 5.75. The van der Waals surface area contributed by atoms with Gasteiger partial charge in [0.2, 0.25) is 0 Å². The molecule has 5 heteroatoms. The van der Waals surface area contributed by atoms with E-state index in [1.165, 1.54) is 12.3 Å². The minimum atomic E-state index is -0.211. The lowest BCUT2D eigenvalue weighted by Gasteiger charge is -2.15. The van der Waals surface area contributed by atoms with Crippen molar-refractivity contribution >= 4 is 29.1 Å². The first kappa shape index (κ1) is 13.8. The maximum absolute atomic E-state index is 12.1. The van der Waals surface area contributed by atoms with Crippen molar-refractivity contribution in [2.75, 3.05) is 0 Å². The first-order chi connectivity index (χ1) is 9.08. The number of halogens is 2. The van der Waals surface area contributed by atoms with Crippen LogP contribution in [0.3, 0.4) is 0 Å². The van der Waals surface area contributed by atoms with Gasteiger partial charge in [-0.3, -0.25) is 4.79 Å². The largest absolute Gasteiger partial charge is 0.345 e. The minimum absolute atomic E-state index is 0.187. The van der Waals surface area contributed by atoms with Crippen LogP contribution in [-0.2, 0) is 0 Å². The number of nitrogens with one attached hydrogen (secondary N) is 1. The molecule has 2 rings (SSSR count). The summed E-state index contributed by atoms with van der Waals surface area (Å²) in [4.78, 5) is 15.9. The van der Waals surface area contributed by atoms with Gasteiger partial charge in [0.05, 0.1) is 6.04 Å². The predicted molar refractivity (Wildman–Crippen MR) is 76.6 cm³/mol. The summed E-state index contributed by atoms with van der Waals surface area (Å²) in [7, 11) is 0. The zero-order valence-electron chi connectivity index (χ0n) is 10.2. The van der Waals surface area contributed by atoms with E-state index in [1.807, 2.05) is 25.1 Å². The van der Waals surface area contributed by atoms with Crippen molar-refractivity contribution in [3.8, 4) is 0 Å². The molecule has 0 spiro atoms. The number of hydrogen-bond donors (Lipinski definition) is 1. The van der Waals surface area contributed by atoms with E-state index in [-0.39, 0.29) is 17.1 Å². The van der Waals surface area contributed by atoms with Gasteiger partial charge in [0.15, 0.2) is 0 Å². The number of aromatic nitrogens is 1. The van der Waals surface area contributed by atoms with Crippen molar-refractivity contribution in [3.05, 3.63) is 63.9 Å². The second-order valence-electron chi connectivity index (χ2n) is 4.08. The lowest BCUT2D eigenvalue weighted by molar-refractivity contribution is 0.0940. The summed E-state index contributed by atoms with van der Waals surface area (Å²) in [6, 6.07) is 10.4. The van der Waals surface area contributed by atoms with Gasteiger partial charge in [0, 0.05) is 16.8 Å². The molecular weight excluding hydrogens is 283 g/mol. The maximum atomic E-state index is 12.1.